The monoisotopic (exact) mass is 282 g/mol. The number of benzene rings is 2. The number of aryl methyl sites for hydroxylation is 1. The number of halogens is 3. The first-order valence-corrected chi connectivity index (χ1v) is 6.36. The van der Waals surface area contributed by atoms with Gasteiger partial charge in [-0.1, -0.05) is 6.07 Å². The van der Waals surface area contributed by atoms with Gasteiger partial charge in [0.1, 0.15) is 24.0 Å². The van der Waals surface area contributed by atoms with E-state index in [-0.39, 0.29) is 17.5 Å². The van der Waals surface area contributed by atoms with Gasteiger partial charge < -0.3 is 4.74 Å². The summed E-state index contributed by atoms with van der Waals surface area (Å²) in [6, 6.07) is 8.73. The van der Waals surface area contributed by atoms with Crippen molar-refractivity contribution in [3.63, 3.8) is 0 Å². The number of ether oxygens (including phenoxy) is 1. The first-order valence-electron chi connectivity index (χ1n) is 5.82. The van der Waals surface area contributed by atoms with Crippen LogP contribution in [0.15, 0.2) is 36.4 Å². The quantitative estimate of drug-likeness (QED) is 0.745. The fourth-order valence-corrected chi connectivity index (χ4v) is 1.98. The Bertz CT molecular complexity index is 584. The zero-order valence-electron chi connectivity index (χ0n) is 10.4. The van der Waals surface area contributed by atoms with Crippen LogP contribution < -0.4 is 4.74 Å². The Hall–Kier alpha value is -1.61. The normalized spacial score (nSPS) is 10.5. The maximum Gasteiger partial charge on any atom is 0.124 e. The molecule has 0 fully saturated rings. The fraction of sp³-hybridized carbons (Fsp3) is 0.200. The molecule has 2 rings (SSSR count). The van der Waals surface area contributed by atoms with Crippen LogP contribution >= 0.6 is 11.6 Å². The second-order valence-corrected chi connectivity index (χ2v) is 4.51. The summed E-state index contributed by atoms with van der Waals surface area (Å²) in [5, 5.41) is 0. The molecule has 1 nitrogen and oxygen atoms in total. The van der Waals surface area contributed by atoms with Crippen LogP contribution in [0.3, 0.4) is 0 Å². The Kier molecular flexibility index (Phi) is 4.38. The van der Waals surface area contributed by atoms with Gasteiger partial charge in [-0.3, -0.25) is 0 Å². The second kappa shape index (κ2) is 6.02. The van der Waals surface area contributed by atoms with Crippen molar-refractivity contribution in [3.05, 3.63) is 64.7 Å². The topological polar surface area (TPSA) is 9.23 Å². The molecule has 2 aromatic carbocycles. The lowest BCUT2D eigenvalue weighted by Crippen LogP contribution is -2.00. The summed E-state index contributed by atoms with van der Waals surface area (Å²) >= 11 is 5.74. The SMILES string of the molecule is Cc1cc(F)ccc1COc1ccc(F)cc1CCl. The van der Waals surface area contributed by atoms with Crippen LogP contribution in [-0.2, 0) is 12.5 Å². The molecule has 100 valence electrons. The van der Waals surface area contributed by atoms with E-state index in [0.717, 1.165) is 11.1 Å². The van der Waals surface area contributed by atoms with E-state index in [0.29, 0.717) is 17.9 Å². The minimum Gasteiger partial charge on any atom is -0.489 e. The van der Waals surface area contributed by atoms with Gasteiger partial charge in [0.2, 0.25) is 0 Å². The van der Waals surface area contributed by atoms with Gasteiger partial charge in [-0.05, 0) is 48.4 Å². The maximum atomic E-state index is 13.1. The Morgan fingerprint density at radius 1 is 1.00 bits per heavy atom. The Labute approximate surface area is 115 Å². The first-order chi connectivity index (χ1) is 9.10. The van der Waals surface area contributed by atoms with E-state index in [1.54, 1.807) is 12.1 Å². The molecule has 2 aromatic rings. The molecule has 0 atom stereocenters. The van der Waals surface area contributed by atoms with Crippen molar-refractivity contribution in [2.75, 3.05) is 0 Å². The van der Waals surface area contributed by atoms with E-state index >= 15 is 0 Å². The molecule has 0 N–H and O–H groups in total. The van der Waals surface area contributed by atoms with Crippen LogP contribution in [0.4, 0.5) is 8.78 Å². The summed E-state index contributed by atoms with van der Waals surface area (Å²) < 4.78 is 31.6. The summed E-state index contributed by atoms with van der Waals surface area (Å²) in [4.78, 5) is 0. The highest BCUT2D eigenvalue weighted by atomic mass is 35.5. The third-order valence-electron chi connectivity index (χ3n) is 2.85. The molecule has 0 heterocycles. The van der Waals surface area contributed by atoms with E-state index in [1.165, 1.54) is 24.3 Å². The molecule has 0 spiro atoms. The predicted molar refractivity (Wildman–Crippen MR) is 71.4 cm³/mol. The van der Waals surface area contributed by atoms with Crippen molar-refractivity contribution in [1.29, 1.82) is 0 Å². The molecule has 19 heavy (non-hydrogen) atoms. The van der Waals surface area contributed by atoms with Gasteiger partial charge in [-0.2, -0.15) is 0 Å². The van der Waals surface area contributed by atoms with Gasteiger partial charge in [-0.25, -0.2) is 8.78 Å². The number of hydrogen-bond donors (Lipinski definition) is 0. The fourth-order valence-electron chi connectivity index (χ4n) is 1.77. The Morgan fingerprint density at radius 2 is 1.68 bits per heavy atom. The zero-order chi connectivity index (χ0) is 13.8. The molecule has 0 aliphatic rings. The van der Waals surface area contributed by atoms with Gasteiger partial charge in [0.25, 0.3) is 0 Å². The summed E-state index contributed by atoms with van der Waals surface area (Å²) in [7, 11) is 0. The molecule has 0 aliphatic carbocycles. The zero-order valence-corrected chi connectivity index (χ0v) is 11.2. The lowest BCUT2D eigenvalue weighted by atomic mass is 10.1. The molecule has 0 saturated heterocycles. The summed E-state index contributed by atoms with van der Waals surface area (Å²) in [5.41, 5.74) is 2.29. The molecule has 0 radical (unpaired) electrons. The van der Waals surface area contributed by atoms with Crippen molar-refractivity contribution in [1.82, 2.24) is 0 Å². The van der Waals surface area contributed by atoms with Crippen molar-refractivity contribution >= 4 is 11.6 Å². The molecule has 0 saturated carbocycles. The van der Waals surface area contributed by atoms with E-state index in [4.69, 9.17) is 16.3 Å². The average molecular weight is 283 g/mol. The Balaban J connectivity index is 2.14. The number of rotatable bonds is 4. The van der Waals surface area contributed by atoms with E-state index in [2.05, 4.69) is 0 Å². The van der Waals surface area contributed by atoms with Crippen LogP contribution in [-0.4, -0.2) is 0 Å². The average Bonchev–Trinajstić information content (AvgIpc) is 2.39. The first kappa shape index (κ1) is 13.8. The minimum atomic E-state index is -0.346. The van der Waals surface area contributed by atoms with Crippen LogP contribution in [0, 0.1) is 18.6 Å². The van der Waals surface area contributed by atoms with Gasteiger partial charge in [0.05, 0.1) is 5.88 Å². The summed E-state index contributed by atoms with van der Waals surface area (Å²) in [6.45, 7) is 2.11. The molecule has 0 amide bonds. The third-order valence-corrected chi connectivity index (χ3v) is 3.14. The smallest absolute Gasteiger partial charge is 0.124 e. The standard InChI is InChI=1S/C15H13ClF2O/c1-10-6-13(17)3-2-11(10)9-19-15-5-4-14(18)7-12(15)8-16/h2-7H,8-9H2,1H3. The van der Waals surface area contributed by atoms with Gasteiger partial charge >= 0.3 is 0 Å². The van der Waals surface area contributed by atoms with Gasteiger partial charge in [-0.15, -0.1) is 11.6 Å². The van der Waals surface area contributed by atoms with Gasteiger partial charge in [0.15, 0.2) is 0 Å². The van der Waals surface area contributed by atoms with Crippen molar-refractivity contribution in [2.24, 2.45) is 0 Å². The van der Waals surface area contributed by atoms with Crippen LogP contribution in [0.1, 0.15) is 16.7 Å². The maximum absolute atomic E-state index is 13.1. The molecular formula is C15H13ClF2O. The largest absolute Gasteiger partial charge is 0.489 e. The molecular weight excluding hydrogens is 270 g/mol. The highest BCUT2D eigenvalue weighted by Crippen LogP contribution is 2.23. The van der Waals surface area contributed by atoms with Crippen LogP contribution in [0.2, 0.25) is 0 Å². The number of alkyl halides is 1. The van der Waals surface area contributed by atoms with E-state index in [1.807, 2.05) is 6.92 Å². The van der Waals surface area contributed by atoms with E-state index in [9.17, 15) is 8.78 Å². The van der Waals surface area contributed by atoms with Crippen molar-refractivity contribution in [2.45, 2.75) is 19.4 Å². The molecule has 0 aromatic heterocycles. The van der Waals surface area contributed by atoms with E-state index < -0.39 is 0 Å². The third kappa shape index (κ3) is 3.44. The lowest BCUT2D eigenvalue weighted by molar-refractivity contribution is 0.302. The van der Waals surface area contributed by atoms with Gasteiger partial charge in [0, 0.05) is 5.56 Å². The molecule has 0 bridgehead atoms. The summed E-state index contributed by atoms with van der Waals surface area (Å²) in [6.07, 6.45) is 0. The van der Waals surface area contributed by atoms with Crippen LogP contribution in [0.25, 0.3) is 0 Å². The second-order valence-electron chi connectivity index (χ2n) is 4.25. The molecule has 4 heteroatoms. The minimum absolute atomic E-state index is 0.176. The Morgan fingerprint density at radius 3 is 2.37 bits per heavy atom. The van der Waals surface area contributed by atoms with Crippen molar-refractivity contribution in [3.8, 4) is 5.75 Å². The summed E-state index contributed by atoms with van der Waals surface area (Å²) in [5.74, 6) is 0.0979. The van der Waals surface area contributed by atoms with Crippen LogP contribution in [0.5, 0.6) is 5.75 Å². The number of hydrogen-bond acceptors (Lipinski definition) is 1. The predicted octanol–water partition coefficient (Wildman–Crippen LogP) is 4.59. The highest BCUT2D eigenvalue weighted by Gasteiger charge is 2.06. The lowest BCUT2D eigenvalue weighted by Gasteiger charge is -2.11. The highest BCUT2D eigenvalue weighted by molar-refractivity contribution is 6.17. The van der Waals surface area contributed by atoms with Crippen molar-refractivity contribution < 1.29 is 13.5 Å². The molecule has 0 unspecified atom stereocenters. The molecule has 0 aliphatic heterocycles.